The number of carboxylic acids is 2. The van der Waals surface area contributed by atoms with E-state index >= 15 is 0 Å². The number of hydrogen-bond acceptors (Lipinski definition) is 3. The van der Waals surface area contributed by atoms with Crippen LogP contribution in [0, 0.1) is 0 Å². The molecule has 0 saturated carbocycles. The Morgan fingerprint density at radius 2 is 1.33 bits per heavy atom. The summed E-state index contributed by atoms with van der Waals surface area (Å²) in [6.07, 6.45) is -2.25. The Bertz CT molecular complexity index is 159. The standard InChI is InChI=1S/C4H4O5.Ca.K.Na.4H/c5-3(6)1-2(9-1)4(7)8;;;;;;;/h1-2H,(H,5,6)(H,7,8);;;;;;;/t1-,2+;;;;;;;. The molecule has 1 heterocycles. The van der Waals surface area contributed by atoms with Gasteiger partial charge in [0.1, 0.15) is 0 Å². The van der Waals surface area contributed by atoms with Gasteiger partial charge in [-0.1, -0.05) is 0 Å². The van der Waals surface area contributed by atoms with E-state index in [-0.39, 0.29) is 119 Å². The average Bonchev–Trinajstić information content (AvgIpc) is 2.39. The van der Waals surface area contributed by atoms with E-state index in [0.29, 0.717) is 0 Å². The van der Waals surface area contributed by atoms with Gasteiger partial charge in [-0.2, -0.15) is 0 Å². The first-order chi connectivity index (χ1) is 4.13. The maximum atomic E-state index is 9.89. The fraction of sp³-hybridized carbons (Fsp3) is 0.500. The molecule has 0 radical (unpaired) electrons. The average molecular weight is 238 g/mol. The van der Waals surface area contributed by atoms with E-state index in [1.807, 2.05) is 0 Å². The van der Waals surface area contributed by atoms with Crippen LogP contribution < -0.4 is 0 Å². The molecule has 0 aromatic heterocycles. The van der Waals surface area contributed by atoms with E-state index < -0.39 is 24.1 Å². The van der Waals surface area contributed by atoms with Crippen molar-refractivity contribution >= 4 is 131 Å². The van der Waals surface area contributed by atoms with E-state index in [1.54, 1.807) is 0 Å². The van der Waals surface area contributed by atoms with Gasteiger partial charge >= 0.3 is 131 Å². The molecule has 58 valence electrons. The minimum atomic E-state index is -1.22. The van der Waals surface area contributed by atoms with Crippen LogP contribution in [0.4, 0.5) is 0 Å². The van der Waals surface area contributed by atoms with Crippen LogP contribution in [0.1, 0.15) is 0 Å². The summed E-state index contributed by atoms with van der Waals surface area (Å²) in [5, 5.41) is 16.2. The van der Waals surface area contributed by atoms with E-state index in [1.165, 1.54) is 0 Å². The van der Waals surface area contributed by atoms with Gasteiger partial charge in [-0.25, -0.2) is 9.59 Å². The van der Waals surface area contributed by atoms with E-state index in [2.05, 4.69) is 4.74 Å². The second kappa shape index (κ2) is 9.05. The minimum absolute atomic E-state index is 0. The van der Waals surface area contributed by atoms with Gasteiger partial charge < -0.3 is 14.9 Å². The molecule has 5 nitrogen and oxygen atoms in total. The Morgan fingerprint density at radius 3 is 1.42 bits per heavy atom. The van der Waals surface area contributed by atoms with Crippen molar-refractivity contribution in [1.29, 1.82) is 0 Å². The van der Waals surface area contributed by atoms with Gasteiger partial charge in [0.2, 0.25) is 0 Å². The zero-order chi connectivity index (χ0) is 7.02. The molecule has 0 spiro atoms. The molecule has 0 unspecified atom stereocenters. The van der Waals surface area contributed by atoms with E-state index in [0.717, 1.165) is 0 Å². The second-order valence-electron chi connectivity index (χ2n) is 1.65. The SMILES string of the molecule is O=C(O)[C@H]1O[C@H]1C(=O)O.[CaH2].[KH].[NaH]. The van der Waals surface area contributed by atoms with Crippen LogP contribution in [0.25, 0.3) is 0 Å². The molecule has 8 heteroatoms. The van der Waals surface area contributed by atoms with Gasteiger partial charge in [0.15, 0.2) is 12.2 Å². The van der Waals surface area contributed by atoms with Gasteiger partial charge in [0.25, 0.3) is 0 Å². The molecule has 0 aromatic carbocycles. The van der Waals surface area contributed by atoms with Crippen LogP contribution in [0.5, 0.6) is 0 Å². The first kappa shape index (κ1) is 20.2. The number of carboxylic acid groups (broad SMARTS) is 2. The van der Waals surface area contributed by atoms with Crippen molar-refractivity contribution in [3.8, 4) is 0 Å². The molecule has 0 aromatic rings. The fourth-order valence-corrected chi connectivity index (χ4v) is 0.488. The van der Waals surface area contributed by atoms with Crippen molar-refractivity contribution in [2.75, 3.05) is 0 Å². The predicted octanol–water partition coefficient (Wildman–Crippen LogP) is -3.29. The van der Waals surface area contributed by atoms with Crippen molar-refractivity contribution in [2.45, 2.75) is 12.2 Å². The van der Waals surface area contributed by atoms with Gasteiger partial charge in [-0.15, -0.1) is 0 Å². The summed E-state index contributed by atoms with van der Waals surface area (Å²) in [7, 11) is 0. The number of rotatable bonds is 2. The number of epoxide rings is 1. The molecule has 0 amide bonds. The third-order valence-electron chi connectivity index (χ3n) is 0.978. The molecular weight excluding hydrogens is 230 g/mol. The van der Waals surface area contributed by atoms with Crippen LogP contribution in [0.15, 0.2) is 0 Å². The van der Waals surface area contributed by atoms with Crippen molar-refractivity contribution < 1.29 is 24.5 Å². The van der Waals surface area contributed by atoms with Gasteiger partial charge in [-0.05, 0) is 0 Å². The Hall–Kier alpha value is 2.80. The molecule has 2 N–H and O–H groups in total. The summed E-state index contributed by atoms with van der Waals surface area (Å²) in [6.45, 7) is 0. The molecule has 1 rings (SSSR count). The normalized spacial score (nSPS) is 23.7. The summed E-state index contributed by atoms with van der Waals surface area (Å²) in [5.41, 5.74) is 0. The number of carbonyl (C=O) groups is 2. The Labute approximate surface area is 163 Å². The molecule has 2 atom stereocenters. The topological polar surface area (TPSA) is 87.1 Å². The van der Waals surface area contributed by atoms with Crippen LogP contribution in [-0.2, 0) is 14.3 Å². The van der Waals surface area contributed by atoms with E-state index in [9.17, 15) is 9.59 Å². The molecule has 1 aliphatic heterocycles. The summed E-state index contributed by atoms with van der Waals surface area (Å²) in [4.78, 5) is 19.8. The zero-order valence-corrected chi connectivity index (χ0v) is 4.27. The summed E-state index contributed by atoms with van der Waals surface area (Å²) < 4.78 is 4.24. The molecule has 0 aliphatic carbocycles. The van der Waals surface area contributed by atoms with E-state index in [4.69, 9.17) is 10.2 Å². The van der Waals surface area contributed by atoms with Gasteiger partial charge in [-0.3, -0.25) is 0 Å². The zero-order valence-electron chi connectivity index (χ0n) is 4.27. The second-order valence-corrected chi connectivity index (χ2v) is 1.65. The summed E-state index contributed by atoms with van der Waals surface area (Å²) in [5.74, 6) is -2.44. The Kier molecular flexibility index (Phi) is 15.3. The summed E-state index contributed by atoms with van der Waals surface area (Å²) in [6, 6.07) is 0. The number of aliphatic carboxylic acids is 2. The molecule has 1 fully saturated rings. The first-order valence-electron chi connectivity index (χ1n) is 2.24. The van der Waals surface area contributed by atoms with Crippen molar-refractivity contribution in [2.24, 2.45) is 0 Å². The Morgan fingerprint density at radius 1 is 1.08 bits per heavy atom. The molecule has 12 heavy (non-hydrogen) atoms. The monoisotopic (exact) mass is 238 g/mol. The molecule has 1 aliphatic rings. The Balaban J connectivity index is -0.000000270. The third-order valence-corrected chi connectivity index (χ3v) is 0.978. The van der Waals surface area contributed by atoms with Crippen molar-refractivity contribution in [1.82, 2.24) is 0 Å². The first-order valence-corrected chi connectivity index (χ1v) is 2.24. The van der Waals surface area contributed by atoms with Crippen LogP contribution in [-0.4, -0.2) is 153 Å². The van der Waals surface area contributed by atoms with Crippen LogP contribution in [0.3, 0.4) is 0 Å². The van der Waals surface area contributed by atoms with Crippen molar-refractivity contribution in [3.63, 3.8) is 0 Å². The number of hydrogen-bond donors (Lipinski definition) is 2. The fourth-order valence-electron chi connectivity index (χ4n) is 0.488. The van der Waals surface area contributed by atoms with Crippen molar-refractivity contribution in [3.05, 3.63) is 0 Å². The quantitative estimate of drug-likeness (QED) is 0.389. The van der Waals surface area contributed by atoms with Gasteiger partial charge in [0.05, 0.1) is 0 Å². The van der Waals surface area contributed by atoms with Gasteiger partial charge in [0, 0.05) is 0 Å². The molecular formula is C4H8CaKNaO5. The van der Waals surface area contributed by atoms with Crippen LogP contribution in [0.2, 0.25) is 0 Å². The third kappa shape index (κ3) is 6.31. The predicted molar refractivity (Wildman–Crippen MR) is 46.8 cm³/mol. The summed E-state index contributed by atoms with van der Waals surface area (Å²) >= 11 is 0. The van der Waals surface area contributed by atoms with Crippen LogP contribution >= 0.6 is 0 Å². The maximum absolute atomic E-state index is 9.89. The molecule has 1 saturated heterocycles. The number of ether oxygens (including phenoxy) is 1. The molecule has 0 bridgehead atoms.